The van der Waals surface area contributed by atoms with Crippen LogP contribution in [-0.2, 0) is 0 Å². The van der Waals surface area contributed by atoms with Gasteiger partial charge in [-0.15, -0.1) is 0 Å². The van der Waals surface area contributed by atoms with Crippen LogP contribution >= 0.6 is 11.6 Å². The molecule has 0 atom stereocenters. The highest BCUT2D eigenvalue weighted by Crippen LogP contribution is 2.25. The molecule has 4 nitrogen and oxygen atoms in total. The van der Waals surface area contributed by atoms with Crippen LogP contribution in [0.5, 0.6) is 0 Å². The van der Waals surface area contributed by atoms with Crippen molar-refractivity contribution in [1.29, 1.82) is 0 Å². The summed E-state index contributed by atoms with van der Waals surface area (Å²) in [5.74, 6) is -0.205. The van der Waals surface area contributed by atoms with Crippen molar-refractivity contribution in [3.05, 3.63) is 77.3 Å². The van der Waals surface area contributed by atoms with Crippen LogP contribution in [0.25, 0.3) is 5.69 Å². The third-order valence-corrected chi connectivity index (χ3v) is 3.50. The number of carbonyl (C=O) groups is 1. The maximum Gasteiger partial charge on any atom is 0.257 e. The fourth-order valence-electron chi connectivity index (χ4n) is 2.12. The van der Waals surface area contributed by atoms with Gasteiger partial charge in [-0.05, 0) is 49.4 Å². The second-order valence-corrected chi connectivity index (χ2v) is 5.33. The molecule has 1 amide bonds. The van der Waals surface area contributed by atoms with E-state index in [2.05, 4.69) is 10.3 Å². The number of hydrogen-bond donors (Lipinski definition) is 1. The van der Waals surface area contributed by atoms with Gasteiger partial charge in [0, 0.05) is 29.3 Å². The van der Waals surface area contributed by atoms with E-state index in [4.69, 9.17) is 11.6 Å². The first-order chi connectivity index (χ1) is 10.6. The normalized spacial score (nSPS) is 10.5. The van der Waals surface area contributed by atoms with Gasteiger partial charge in [-0.3, -0.25) is 9.78 Å². The molecule has 3 aromatic rings. The summed E-state index contributed by atoms with van der Waals surface area (Å²) in [5, 5.41) is 3.51. The summed E-state index contributed by atoms with van der Waals surface area (Å²) in [4.78, 5) is 16.5. The molecular weight excluding hydrogens is 298 g/mol. The van der Waals surface area contributed by atoms with Gasteiger partial charge >= 0.3 is 0 Å². The van der Waals surface area contributed by atoms with Crippen molar-refractivity contribution >= 4 is 23.2 Å². The molecular formula is C17H14ClN3O. The maximum absolute atomic E-state index is 12.3. The van der Waals surface area contributed by atoms with Crippen molar-refractivity contribution in [3.63, 3.8) is 0 Å². The zero-order chi connectivity index (χ0) is 15.5. The van der Waals surface area contributed by atoms with Crippen LogP contribution in [0, 0.1) is 6.92 Å². The number of rotatable bonds is 3. The third kappa shape index (κ3) is 3.02. The first kappa shape index (κ1) is 14.4. The van der Waals surface area contributed by atoms with Gasteiger partial charge in [-0.1, -0.05) is 11.6 Å². The van der Waals surface area contributed by atoms with Crippen LogP contribution in [0.2, 0.25) is 5.02 Å². The number of aromatic nitrogens is 2. The number of carbonyl (C=O) groups excluding carboxylic acids is 1. The number of halogens is 1. The van der Waals surface area contributed by atoms with Gasteiger partial charge in [0.2, 0.25) is 0 Å². The molecule has 0 aliphatic heterocycles. The Hall–Kier alpha value is -2.59. The number of aryl methyl sites for hydroxylation is 1. The van der Waals surface area contributed by atoms with Gasteiger partial charge in [0.05, 0.1) is 16.9 Å². The molecule has 1 N–H and O–H groups in total. The summed E-state index contributed by atoms with van der Waals surface area (Å²) in [6, 6.07) is 12.7. The van der Waals surface area contributed by atoms with E-state index < -0.39 is 0 Å². The topological polar surface area (TPSA) is 46.9 Å². The Bertz CT molecular complexity index is 795. The number of amides is 1. The molecule has 0 fully saturated rings. The van der Waals surface area contributed by atoms with Crippen molar-refractivity contribution in [2.75, 3.05) is 5.32 Å². The van der Waals surface area contributed by atoms with Crippen molar-refractivity contribution in [2.45, 2.75) is 6.92 Å². The maximum atomic E-state index is 12.3. The van der Waals surface area contributed by atoms with Crippen LogP contribution < -0.4 is 5.32 Å². The zero-order valence-electron chi connectivity index (χ0n) is 12.0. The highest BCUT2D eigenvalue weighted by molar-refractivity contribution is 6.31. The molecule has 0 radical (unpaired) electrons. The molecule has 0 bridgehead atoms. The first-order valence-electron chi connectivity index (χ1n) is 6.80. The second kappa shape index (κ2) is 6.03. The largest absolute Gasteiger partial charge is 0.322 e. The minimum Gasteiger partial charge on any atom is -0.322 e. The number of nitrogens with zero attached hydrogens (tertiary/aromatic N) is 2. The summed E-state index contributed by atoms with van der Waals surface area (Å²) in [5.41, 5.74) is 2.88. The van der Waals surface area contributed by atoms with E-state index in [1.54, 1.807) is 24.4 Å². The Labute approximate surface area is 133 Å². The number of pyridine rings is 1. The SMILES string of the molecule is Cc1ccc(C(=O)Nc2ccc(Cl)cc2-n2cccc2)cn1. The summed E-state index contributed by atoms with van der Waals surface area (Å²) in [7, 11) is 0. The molecule has 0 aliphatic rings. The Balaban J connectivity index is 1.92. The Morgan fingerprint density at radius 3 is 2.64 bits per heavy atom. The lowest BCUT2D eigenvalue weighted by molar-refractivity contribution is 0.102. The average molecular weight is 312 g/mol. The first-order valence-corrected chi connectivity index (χ1v) is 7.18. The summed E-state index contributed by atoms with van der Waals surface area (Å²) < 4.78 is 1.90. The Kier molecular flexibility index (Phi) is 3.94. The van der Waals surface area contributed by atoms with E-state index in [-0.39, 0.29) is 5.91 Å². The molecule has 1 aromatic carbocycles. The highest BCUT2D eigenvalue weighted by Gasteiger charge is 2.11. The van der Waals surface area contributed by atoms with Crippen LogP contribution in [0.3, 0.4) is 0 Å². The van der Waals surface area contributed by atoms with Crippen LogP contribution in [0.4, 0.5) is 5.69 Å². The van der Waals surface area contributed by atoms with Crippen molar-refractivity contribution in [1.82, 2.24) is 9.55 Å². The lowest BCUT2D eigenvalue weighted by Crippen LogP contribution is -2.14. The zero-order valence-corrected chi connectivity index (χ0v) is 12.7. The van der Waals surface area contributed by atoms with E-state index in [1.165, 1.54) is 0 Å². The van der Waals surface area contributed by atoms with E-state index in [1.807, 2.05) is 48.1 Å². The third-order valence-electron chi connectivity index (χ3n) is 3.26. The van der Waals surface area contributed by atoms with Crippen LogP contribution in [-0.4, -0.2) is 15.5 Å². The number of nitrogens with one attached hydrogen (secondary N) is 1. The van der Waals surface area contributed by atoms with E-state index in [0.29, 0.717) is 16.3 Å². The van der Waals surface area contributed by atoms with E-state index in [0.717, 1.165) is 11.4 Å². The Morgan fingerprint density at radius 2 is 1.95 bits per heavy atom. The van der Waals surface area contributed by atoms with Gasteiger partial charge in [0.15, 0.2) is 0 Å². The van der Waals surface area contributed by atoms with Gasteiger partial charge in [-0.25, -0.2) is 0 Å². The van der Waals surface area contributed by atoms with Crippen molar-refractivity contribution < 1.29 is 4.79 Å². The van der Waals surface area contributed by atoms with Crippen molar-refractivity contribution in [2.24, 2.45) is 0 Å². The molecule has 0 saturated carbocycles. The molecule has 2 heterocycles. The van der Waals surface area contributed by atoms with Crippen molar-refractivity contribution in [3.8, 4) is 5.69 Å². The minimum atomic E-state index is -0.205. The van der Waals surface area contributed by atoms with Gasteiger partial charge in [-0.2, -0.15) is 0 Å². The van der Waals surface area contributed by atoms with Crippen LogP contribution in [0.15, 0.2) is 61.1 Å². The van der Waals surface area contributed by atoms with Gasteiger partial charge < -0.3 is 9.88 Å². The fraction of sp³-hybridized carbons (Fsp3) is 0.0588. The van der Waals surface area contributed by atoms with E-state index >= 15 is 0 Å². The molecule has 0 unspecified atom stereocenters. The standard InChI is InChI=1S/C17H14ClN3O/c1-12-4-5-13(11-19-12)17(22)20-15-7-6-14(18)10-16(15)21-8-2-3-9-21/h2-11H,1H3,(H,20,22). The predicted molar refractivity (Wildman–Crippen MR) is 87.7 cm³/mol. The lowest BCUT2D eigenvalue weighted by atomic mass is 10.2. The number of hydrogen-bond acceptors (Lipinski definition) is 2. The number of anilines is 1. The smallest absolute Gasteiger partial charge is 0.257 e. The van der Waals surface area contributed by atoms with Gasteiger partial charge in [0.1, 0.15) is 0 Å². The summed E-state index contributed by atoms with van der Waals surface area (Å²) in [6.07, 6.45) is 5.36. The number of benzene rings is 1. The second-order valence-electron chi connectivity index (χ2n) is 4.89. The molecule has 22 heavy (non-hydrogen) atoms. The van der Waals surface area contributed by atoms with E-state index in [9.17, 15) is 4.79 Å². The predicted octanol–water partition coefficient (Wildman–Crippen LogP) is 4.09. The van der Waals surface area contributed by atoms with Gasteiger partial charge in [0.25, 0.3) is 5.91 Å². The molecule has 110 valence electrons. The fourth-order valence-corrected chi connectivity index (χ4v) is 2.28. The van der Waals surface area contributed by atoms with Crippen LogP contribution in [0.1, 0.15) is 16.1 Å². The minimum absolute atomic E-state index is 0.205. The molecule has 0 saturated heterocycles. The highest BCUT2D eigenvalue weighted by atomic mass is 35.5. The molecule has 5 heteroatoms. The molecule has 0 spiro atoms. The summed E-state index contributed by atoms with van der Waals surface area (Å²) in [6.45, 7) is 1.88. The lowest BCUT2D eigenvalue weighted by Gasteiger charge is -2.12. The monoisotopic (exact) mass is 311 g/mol. The quantitative estimate of drug-likeness (QED) is 0.792. The molecule has 2 aromatic heterocycles. The average Bonchev–Trinajstić information content (AvgIpc) is 3.04. The summed E-state index contributed by atoms with van der Waals surface area (Å²) >= 11 is 6.07. The molecule has 3 rings (SSSR count). The molecule has 0 aliphatic carbocycles. The Morgan fingerprint density at radius 1 is 1.18 bits per heavy atom.